The Bertz CT molecular complexity index is 1240. The molecule has 0 saturated carbocycles. The van der Waals surface area contributed by atoms with E-state index in [1.165, 1.54) is 24.3 Å². The summed E-state index contributed by atoms with van der Waals surface area (Å²) in [5, 5.41) is 34.6. The summed E-state index contributed by atoms with van der Waals surface area (Å²) in [5.41, 5.74) is -0.0529. The summed E-state index contributed by atoms with van der Waals surface area (Å²) in [7, 11) is 0. The number of hydrogen-bond acceptors (Lipinski definition) is 8. The predicted octanol–water partition coefficient (Wildman–Crippen LogP) is 1.64. The summed E-state index contributed by atoms with van der Waals surface area (Å²) in [6, 6.07) is 10.9. The van der Waals surface area contributed by atoms with Crippen molar-refractivity contribution in [1.82, 2.24) is 10.6 Å². The highest BCUT2D eigenvalue weighted by molar-refractivity contribution is 5.99. The molecule has 6 N–H and O–H groups in total. The Morgan fingerprint density at radius 1 is 0.780 bits per heavy atom. The van der Waals surface area contributed by atoms with Gasteiger partial charge in [0.05, 0.1) is 6.42 Å². The zero-order valence-electron chi connectivity index (χ0n) is 22.5. The molecule has 2 aromatic carbocycles. The van der Waals surface area contributed by atoms with E-state index in [-0.39, 0.29) is 12.2 Å². The molecule has 2 atom stereocenters. The van der Waals surface area contributed by atoms with Crippen molar-refractivity contribution in [2.24, 2.45) is 0 Å². The van der Waals surface area contributed by atoms with Gasteiger partial charge < -0.3 is 40.7 Å². The minimum absolute atomic E-state index is 0.0686. The number of hydrogen-bond donors (Lipinski definition) is 6. The third-order valence-electron chi connectivity index (χ3n) is 5.13. The molecule has 220 valence electrons. The molecule has 0 heterocycles. The number of ether oxygens (including phenoxy) is 2. The predicted molar refractivity (Wildman–Crippen MR) is 142 cm³/mol. The average molecular weight is 574 g/mol. The summed E-state index contributed by atoms with van der Waals surface area (Å²) in [6.45, 7) is 4.76. The van der Waals surface area contributed by atoms with Gasteiger partial charge in [0.25, 0.3) is 6.10 Å². The fourth-order valence-electron chi connectivity index (χ4n) is 3.35. The van der Waals surface area contributed by atoms with Gasteiger partial charge in [-0.05, 0) is 50.6 Å². The Labute approximate surface area is 234 Å². The van der Waals surface area contributed by atoms with E-state index in [9.17, 15) is 33.9 Å². The van der Waals surface area contributed by atoms with Crippen molar-refractivity contribution in [2.45, 2.75) is 57.4 Å². The van der Waals surface area contributed by atoms with E-state index in [1.54, 1.807) is 51.1 Å². The molecular weight excluding hydrogens is 542 g/mol. The van der Waals surface area contributed by atoms with E-state index in [0.717, 1.165) is 0 Å². The van der Waals surface area contributed by atoms with Gasteiger partial charge in [0.1, 0.15) is 23.4 Å². The normalized spacial score (nSPS) is 12.4. The lowest BCUT2D eigenvalue weighted by molar-refractivity contribution is -0.159. The number of anilines is 1. The van der Waals surface area contributed by atoms with Gasteiger partial charge in [-0.3, -0.25) is 14.4 Å². The summed E-state index contributed by atoms with van der Waals surface area (Å²) < 4.78 is 10.1. The van der Waals surface area contributed by atoms with Gasteiger partial charge in [0, 0.05) is 12.1 Å². The first-order valence-corrected chi connectivity index (χ1v) is 12.2. The highest BCUT2D eigenvalue weighted by Crippen LogP contribution is 2.17. The zero-order chi connectivity index (χ0) is 30.7. The van der Waals surface area contributed by atoms with Crippen molar-refractivity contribution in [3.8, 4) is 5.75 Å². The van der Waals surface area contributed by atoms with Crippen LogP contribution in [0.1, 0.15) is 32.8 Å². The Kier molecular flexibility index (Phi) is 11.2. The highest BCUT2D eigenvalue weighted by Gasteiger charge is 2.31. The number of aliphatic carboxylic acids is 3. The molecule has 2 aromatic rings. The molecule has 3 amide bonds. The van der Waals surface area contributed by atoms with Crippen molar-refractivity contribution >= 4 is 41.5 Å². The summed E-state index contributed by atoms with van der Waals surface area (Å²) in [6.07, 6.45) is -4.08. The number of rotatable bonds is 13. The standard InChI is InChI=1S/C27H31N3O11/c1-27(2,3)41-26(39)30-19(14-20(31)32)23(34)29-18(22(33)28-16-7-5-4-6-8-16)13-15-9-11-17(12-10-15)40-21(24(35)36)25(37)38/h4-12,18-19,21H,13-14H2,1-3H3,(H,28,33)(H,29,34)(H,30,39)(H,31,32)(H,35,36)(H,37,38)/t18-,19+/m0/s1. The maximum atomic E-state index is 13.2. The molecule has 0 aromatic heterocycles. The number of nitrogens with one attached hydrogen (secondary N) is 3. The Morgan fingerprint density at radius 2 is 1.37 bits per heavy atom. The van der Waals surface area contributed by atoms with Crippen LogP contribution in [0.5, 0.6) is 5.75 Å². The third kappa shape index (κ3) is 11.2. The SMILES string of the molecule is CC(C)(C)OC(=O)N[C@H](CC(=O)O)C(=O)N[C@@H](Cc1ccc(OC(C(=O)O)C(=O)O)cc1)C(=O)Nc1ccccc1. The Morgan fingerprint density at radius 3 is 1.88 bits per heavy atom. The lowest BCUT2D eigenvalue weighted by Crippen LogP contribution is -2.54. The summed E-state index contributed by atoms with van der Waals surface area (Å²) in [4.78, 5) is 72.0. The topological polar surface area (TPSA) is 218 Å². The van der Waals surface area contributed by atoms with Crippen molar-refractivity contribution in [3.63, 3.8) is 0 Å². The number of carboxylic acids is 3. The van der Waals surface area contributed by atoms with E-state index in [0.29, 0.717) is 11.3 Å². The fraction of sp³-hybridized carbons (Fsp3) is 0.333. The lowest BCUT2D eigenvalue weighted by atomic mass is 10.0. The number of para-hydroxylation sites is 1. The van der Waals surface area contributed by atoms with Gasteiger partial charge in [-0.1, -0.05) is 30.3 Å². The van der Waals surface area contributed by atoms with Crippen LogP contribution in [-0.2, 0) is 35.1 Å². The van der Waals surface area contributed by atoms with E-state index >= 15 is 0 Å². The Balaban J connectivity index is 2.27. The molecule has 0 saturated heterocycles. The fourth-order valence-corrected chi connectivity index (χ4v) is 3.35. The van der Waals surface area contributed by atoms with Gasteiger partial charge in [-0.15, -0.1) is 0 Å². The molecule has 0 unspecified atom stereocenters. The van der Waals surface area contributed by atoms with Crippen molar-refractivity contribution in [2.75, 3.05) is 5.32 Å². The molecule has 0 aliphatic rings. The first kappa shape index (κ1) is 32.1. The van der Waals surface area contributed by atoms with Crippen LogP contribution in [0.25, 0.3) is 0 Å². The summed E-state index contributed by atoms with van der Waals surface area (Å²) in [5.74, 6) is -6.47. The molecule has 41 heavy (non-hydrogen) atoms. The second kappa shape index (κ2) is 14.3. The molecule has 0 bridgehead atoms. The van der Waals surface area contributed by atoms with Crippen LogP contribution in [-0.4, -0.2) is 74.9 Å². The van der Waals surface area contributed by atoms with Crippen LogP contribution in [0.15, 0.2) is 54.6 Å². The quantitative estimate of drug-likeness (QED) is 0.189. The molecule has 14 nitrogen and oxygen atoms in total. The van der Waals surface area contributed by atoms with Gasteiger partial charge >= 0.3 is 24.0 Å². The molecule has 0 aliphatic heterocycles. The van der Waals surface area contributed by atoms with Gasteiger partial charge in [-0.2, -0.15) is 0 Å². The van der Waals surface area contributed by atoms with Crippen LogP contribution < -0.4 is 20.7 Å². The zero-order valence-corrected chi connectivity index (χ0v) is 22.5. The smallest absolute Gasteiger partial charge is 0.408 e. The van der Waals surface area contributed by atoms with Crippen LogP contribution in [0.4, 0.5) is 10.5 Å². The molecule has 0 aliphatic carbocycles. The maximum absolute atomic E-state index is 13.2. The van der Waals surface area contributed by atoms with Crippen molar-refractivity contribution in [1.29, 1.82) is 0 Å². The van der Waals surface area contributed by atoms with Crippen LogP contribution >= 0.6 is 0 Å². The molecule has 0 spiro atoms. The minimum atomic E-state index is -2.13. The molecule has 0 fully saturated rings. The Hall–Kier alpha value is -5.14. The number of amides is 3. The van der Waals surface area contributed by atoms with Gasteiger partial charge in [0.2, 0.25) is 11.8 Å². The summed E-state index contributed by atoms with van der Waals surface area (Å²) >= 11 is 0. The molecule has 0 radical (unpaired) electrons. The maximum Gasteiger partial charge on any atom is 0.408 e. The molecule has 14 heteroatoms. The second-order valence-corrected chi connectivity index (χ2v) is 9.74. The molecular formula is C27H31N3O11. The van der Waals surface area contributed by atoms with Gasteiger partial charge in [0.15, 0.2) is 0 Å². The van der Waals surface area contributed by atoms with E-state index in [4.69, 9.17) is 19.7 Å². The van der Waals surface area contributed by atoms with Crippen LogP contribution in [0, 0.1) is 0 Å². The number of carbonyl (C=O) groups excluding carboxylic acids is 3. The second-order valence-electron chi connectivity index (χ2n) is 9.74. The first-order chi connectivity index (χ1) is 19.1. The van der Waals surface area contributed by atoms with Crippen LogP contribution in [0.3, 0.4) is 0 Å². The number of benzene rings is 2. The number of carbonyl (C=O) groups is 6. The minimum Gasteiger partial charge on any atom is -0.481 e. The first-order valence-electron chi connectivity index (χ1n) is 12.2. The monoisotopic (exact) mass is 573 g/mol. The van der Waals surface area contributed by atoms with E-state index in [1.807, 2.05) is 0 Å². The lowest BCUT2D eigenvalue weighted by Gasteiger charge is -2.24. The largest absolute Gasteiger partial charge is 0.481 e. The highest BCUT2D eigenvalue weighted by atomic mass is 16.6. The number of carboxylic acid groups (broad SMARTS) is 3. The van der Waals surface area contributed by atoms with Crippen molar-refractivity contribution in [3.05, 3.63) is 60.2 Å². The van der Waals surface area contributed by atoms with Gasteiger partial charge in [-0.25, -0.2) is 14.4 Å². The number of alkyl carbamates (subject to hydrolysis) is 1. The van der Waals surface area contributed by atoms with Crippen molar-refractivity contribution < 1.29 is 53.6 Å². The van der Waals surface area contributed by atoms with E-state index < -0.39 is 66.0 Å². The average Bonchev–Trinajstić information content (AvgIpc) is 2.86. The molecule has 2 rings (SSSR count). The third-order valence-corrected chi connectivity index (χ3v) is 5.13. The van der Waals surface area contributed by atoms with E-state index in [2.05, 4.69) is 16.0 Å². The van der Waals surface area contributed by atoms with Crippen LogP contribution in [0.2, 0.25) is 0 Å².